The molecule has 8 heteroatoms. The lowest BCUT2D eigenvalue weighted by Crippen LogP contribution is -2.43. The van der Waals surface area contributed by atoms with Crippen molar-refractivity contribution < 1.29 is 18.9 Å². The molecule has 0 bridgehead atoms. The van der Waals surface area contributed by atoms with Crippen LogP contribution in [0.2, 0.25) is 0 Å². The molecule has 52 heavy (non-hydrogen) atoms. The highest BCUT2D eigenvalue weighted by atomic mass is 79.9. The summed E-state index contributed by atoms with van der Waals surface area (Å²) in [5.41, 5.74) is 4.15. The first kappa shape index (κ1) is 38.4. The standard InChI is InChI=1S/C44H50Br2N2O4/c45-43-35(27-47-37-21-9-3-10-22-37)19-13-25-39(43)51-41(31-49-29-33-15-5-1-6-16-33)42(32-50-30-34-17-7-2-8-18-34)52-40-26-14-20-36(44(40)46)28-48-38-23-11-4-12-24-38/h1-2,5-8,13-20,25-28,37-38,41-42H,3-4,9-12,21-24,29-32H2/t41-,42-/m1/s1. The third-order valence-electron chi connectivity index (χ3n) is 9.74. The van der Waals surface area contributed by atoms with Gasteiger partial charge in [-0.3, -0.25) is 9.98 Å². The largest absolute Gasteiger partial charge is 0.483 e. The molecule has 4 aromatic carbocycles. The molecule has 0 spiro atoms. The lowest BCUT2D eigenvalue weighted by atomic mass is 9.96. The summed E-state index contributed by atoms with van der Waals surface area (Å²) in [4.78, 5) is 9.89. The quantitative estimate of drug-likeness (QED) is 0.0995. The Kier molecular flexibility index (Phi) is 15.4. The van der Waals surface area contributed by atoms with E-state index in [-0.39, 0.29) is 13.2 Å². The molecule has 2 aliphatic rings. The molecule has 0 heterocycles. The Labute approximate surface area is 326 Å². The Morgan fingerprint density at radius 3 is 1.33 bits per heavy atom. The molecule has 2 fully saturated rings. The summed E-state index contributed by atoms with van der Waals surface area (Å²) >= 11 is 7.72. The smallest absolute Gasteiger partial charge is 0.161 e. The Morgan fingerprint density at radius 2 is 0.923 bits per heavy atom. The third-order valence-corrected chi connectivity index (χ3v) is 11.4. The van der Waals surface area contributed by atoms with Gasteiger partial charge >= 0.3 is 0 Å². The van der Waals surface area contributed by atoms with E-state index in [1.165, 1.54) is 38.5 Å². The second kappa shape index (κ2) is 20.8. The zero-order valence-corrected chi connectivity index (χ0v) is 33.1. The normalized spacial score (nSPS) is 17.0. The highest BCUT2D eigenvalue weighted by molar-refractivity contribution is 9.11. The van der Waals surface area contributed by atoms with Gasteiger partial charge in [-0.15, -0.1) is 0 Å². The Hall–Kier alpha value is -3.30. The molecule has 274 valence electrons. The first-order valence-electron chi connectivity index (χ1n) is 18.8. The van der Waals surface area contributed by atoms with E-state index in [0.717, 1.165) is 56.9 Å². The molecule has 2 atom stereocenters. The highest BCUT2D eigenvalue weighted by Crippen LogP contribution is 2.33. The number of hydrogen-bond donors (Lipinski definition) is 0. The van der Waals surface area contributed by atoms with E-state index in [1.807, 2.05) is 73.1 Å². The molecule has 4 aromatic rings. The van der Waals surface area contributed by atoms with Crippen LogP contribution in [0.1, 0.15) is 86.5 Å². The minimum absolute atomic E-state index is 0.279. The SMILES string of the molecule is Brc1c(C=NC2CCCCC2)cccc1O[C@H](COCc1ccccc1)[C@@H](COCc1ccccc1)Oc1cccc(C=NC2CCCCC2)c1Br. The average Bonchev–Trinajstić information content (AvgIpc) is 3.19. The second-order valence-electron chi connectivity index (χ2n) is 13.8. The van der Waals surface area contributed by atoms with E-state index in [1.54, 1.807) is 0 Å². The summed E-state index contributed by atoms with van der Waals surface area (Å²) in [6, 6.07) is 33.3. The number of aliphatic imine (C=N–C) groups is 2. The number of ether oxygens (including phenoxy) is 4. The molecule has 0 unspecified atom stereocenters. The van der Waals surface area contributed by atoms with E-state index in [0.29, 0.717) is 36.8 Å². The van der Waals surface area contributed by atoms with Gasteiger partial charge in [-0.25, -0.2) is 0 Å². The van der Waals surface area contributed by atoms with E-state index in [2.05, 4.69) is 68.3 Å². The monoisotopic (exact) mass is 828 g/mol. The molecule has 2 aliphatic carbocycles. The third kappa shape index (κ3) is 11.9. The maximum atomic E-state index is 6.87. The van der Waals surface area contributed by atoms with Crippen molar-refractivity contribution in [2.75, 3.05) is 13.2 Å². The molecule has 0 saturated heterocycles. The number of nitrogens with zero attached hydrogens (tertiary/aromatic N) is 2. The molecular formula is C44H50Br2N2O4. The Morgan fingerprint density at radius 1 is 0.519 bits per heavy atom. The van der Waals surface area contributed by atoms with Gasteiger partial charge in [0.25, 0.3) is 0 Å². The fourth-order valence-electron chi connectivity index (χ4n) is 6.76. The maximum Gasteiger partial charge on any atom is 0.161 e. The molecule has 0 amide bonds. The minimum Gasteiger partial charge on any atom is -0.483 e. The van der Waals surface area contributed by atoms with E-state index >= 15 is 0 Å². The van der Waals surface area contributed by atoms with Crippen LogP contribution >= 0.6 is 31.9 Å². The molecule has 0 N–H and O–H groups in total. The van der Waals surface area contributed by atoms with Crippen LogP contribution in [-0.2, 0) is 22.7 Å². The van der Waals surface area contributed by atoms with Crippen LogP contribution in [0.5, 0.6) is 11.5 Å². The van der Waals surface area contributed by atoms with Crippen LogP contribution in [0.15, 0.2) is 116 Å². The van der Waals surface area contributed by atoms with Gasteiger partial charge in [0, 0.05) is 35.6 Å². The summed E-state index contributed by atoms with van der Waals surface area (Å²) in [5, 5.41) is 0. The van der Waals surface area contributed by atoms with E-state index in [4.69, 9.17) is 28.9 Å². The summed E-state index contributed by atoms with van der Waals surface area (Å²) in [6.45, 7) is 1.46. The molecule has 2 saturated carbocycles. The fourth-order valence-corrected chi connectivity index (χ4v) is 7.68. The summed E-state index contributed by atoms with van der Waals surface area (Å²) in [6.07, 6.45) is 15.1. The lowest BCUT2D eigenvalue weighted by Gasteiger charge is -2.29. The van der Waals surface area contributed by atoms with Crippen molar-refractivity contribution in [1.82, 2.24) is 0 Å². The summed E-state index contributed by atoms with van der Waals surface area (Å²) in [5.74, 6) is 1.40. The van der Waals surface area contributed by atoms with Crippen molar-refractivity contribution in [3.05, 3.63) is 128 Å². The lowest BCUT2D eigenvalue weighted by molar-refractivity contribution is -0.0549. The van der Waals surface area contributed by atoms with Gasteiger partial charge in [-0.05, 0) is 80.8 Å². The molecule has 0 aromatic heterocycles. The predicted molar refractivity (Wildman–Crippen MR) is 218 cm³/mol. The van der Waals surface area contributed by atoms with Crippen LogP contribution in [0.25, 0.3) is 0 Å². The van der Waals surface area contributed by atoms with Crippen molar-refractivity contribution in [2.45, 2.75) is 102 Å². The summed E-state index contributed by atoms with van der Waals surface area (Å²) < 4.78 is 28.2. The van der Waals surface area contributed by atoms with Crippen LogP contribution in [0.3, 0.4) is 0 Å². The van der Waals surface area contributed by atoms with Crippen molar-refractivity contribution in [3.8, 4) is 11.5 Å². The predicted octanol–water partition coefficient (Wildman–Crippen LogP) is 11.3. The van der Waals surface area contributed by atoms with Gasteiger partial charge in [0.2, 0.25) is 0 Å². The van der Waals surface area contributed by atoms with Gasteiger partial charge in [-0.1, -0.05) is 123 Å². The van der Waals surface area contributed by atoms with E-state index in [9.17, 15) is 0 Å². The number of benzene rings is 4. The molecule has 6 rings (SSSR count). The Balaban J connectivity index is 1.26. The van der Waals surface area contributed by atoms with Gasteiger partial charge in [0.15, 0.2) is 12.2 Å². The molecule has 6 nitrogen and oxygen atoms in total. The molecule has 0 radical (unpaired) electrons. The van der Waals surface area contributed by atoms with Crippen molar-refractivity contribution in [1.29, 1.82) is 0 Å². The van der Waals surface area contributed by atoms with Crippen LogP contribution in [-0.4, -0.2) is 49.9 Å². The number of rotatable bonds is 17. The fraction of sp³-hybridized carbons (Fsp3) is 0.409. The molecular weight excluding hydrogens is 780 g/mol. The van der Waals surface area contributed by atoms with E-state index < -0.39 is 12.2 Å². The average molecular weight is 831 g/mol. The zero-order chi connectivity index (χ0) is 35.8. The van der Waals surface area contributed by atoms with Crippen LogP contribution < -0.4 is 9.47 Å². The van der Waals surface area contributed by atoms with Crippen LogP contribution in [0, 0.1) is 0 Å². The highest BCUT2D eigenvalue weighted by Gasteiger charge is 2.29. The van der Waals surface area contributed by atoms with Crippen molar-refractivity contribution in [2.24, 2.45) is 9.98 Å². The Bertz CT molecular complexity index is 1580. The first-order valence-corrected chi connectivity index (χ1v) is 20.4. The van der Waals surface area contributed by atoms with Gasteiger partial charge in [-0.2, -0.15) is 0 Å². The second-order valence-corrected chi connectivity index (χ2v) is 15.4. The van der Waals surface area contributed by atoms with Gasteiger partial charge < -0.3 is 18.9 Å². The number of hydrogen-bond acceptors (Lipinski definition) is 6. The summed E-state index contributed by atoms with van der Waals surface area (Å²) in [7, 11) is 0. The van der Waals surface area contributed by atoms with Crippen molar-refractivity contribution >= 4 is 44.3 Å². The van der Waals surface area contributed by atoms with Gasteiger partial charge in [0.1, 0.15) is 11.5 Å². The zero-order valence-electron chi connectivity index (χ0n) is 29.9. The topological polar surface area (TPSA) is 61.6 Å². The van der Waals surface area contributed by atoms with Crippen molar-refractivity contribution in [3.63, 3.8) is 0 Å². The van der Waals surface area contributed by atoms with Crippen LogP contribution in [0.4, 0.5) is 0 Å². The minimum atomic E-state index is -0.521. The van der Waals surface area contributed by atoms with Gasteiger partial charge in [0.05, 0.1) is 35.4 Å². The number of halogens is 2. The first-order chi connectivity index (χ1) is 25.6. The molecule has 0 aliphatic heterocycles. The maximum absolute atomic E-state index is 6.87.